The Balaban J connectivity index is 1.73. The molecule has 0 spiro atoms. The zero-order valence-corrected chi connectivity index (χ0v) is 11.7. The van der Waals surface area contributed by atoms with Crippen LogP contribution in [-0.2, 0) is 11.3 Å². The van der Waals surface area contributed by atoms with Gasteiger partial charge in [0.05, 0.1) is 12.6 Å². The predicted molar refractivity (Wildman–Crippen MR) is 72.4 cm³/mol. The van der Waals surface area contributed by atoms with Crippen LogP contribution in [0.25, 0.3) is 0 Å². The Labute approximate surface area is 110 Å². The first-order chi connectivity index (χ1) is 8.66. The first kappa shape index (κ1) is 13.6. The Kier molecular flexibility index (Phi) is 4.78. The first-order valence-electron chi connectivity index (χ1n) is 6.99. The van der Waals surface area contributed by atoms with E-state index in [4.69, 9.17) is 4.74 Å². The van der Waals surface area contributed by atoms with Gasteiger partial charge in [-0.15, -0.1) is 0 Å². The minimum Gasteiger partial charge on any atom is -0.378 e. The highest BCUT2D eigenvalue weighted by atomic mass is 16.5. The average molecular weight is 251 g/mol. The van der Waals surface area contributed by atoms with E-state index in [1.165, 1.54) is 6.42 Å². The Hall–Kier alpha value is -0.870. The maximum Gasteiger partial charge on any atom is 0.0639 e. The van der Waals surface area contributed by atoms with E-state index in [1.54, 1.807) is 0 Å². The van der Waals surface area contributed by atoms with Gasteiger partial charge in [-0.25, -0.2) is 0 Å². The molecule has 1 N–H and O–H groups in total. The number of hydrogen-bond acceptors (Lipinski definition) is 3. The van der Waals surface area contributed by atoms with Crippen LogP contribution in [0.5, 0.6) is 0 Å². The van der Waals surface area contributed by atoms with Crippen LogP contribution in [0, 0.1) is 11.8 Å². The standard InChI is InChI=1S/C14H25N3O/c1-11(2)14-13(5-8-18-14)9-15-12(3)10-17-7-4-6-16-17/h4,6-7,11-15H,5,8-10H2,1-3H3/t12-,13-,14-/m1/s1. The van der Waals surface area contributed by atoms with Crippen molar-refractivity contribution in [1.82, 2.24) is 15.1 Å². The van der Waals surface area contributed by atoms with Crippen molar-refractivity contribution in [1.29, 1.82) is 0 Å². The normalized spacial score (nSPS) is 25.8. The lowest BCUT2D eigenvalue weighted by atomic mass is 9.93. The summed E-state index contributed by atoms with van der Waals surface area (Å²) in [5.41, 5.74) is 0. The molecule has 2 rings (SSSR count). The fourth-order valence-electron chi connectivity index (χ4n) is 2.72. The first-order valence-corrected chi connectivity index (χ1v) is 6.99. The summed E-state index contributed by atoms with van der Waals surface area (Å²) in [6, 6.07) is 2.41. The van der Waals surface area contributed by atoms with Gasteiger partial charge in [0, 0.05) is 31.6 Å². The highest BCUT2D eigenvalue weighted by molar-refractivity contribution is 4.82. The molecule has 0 aliphatic carbocycles. The third-order valence-electron chi connectivity index (χ3n) is 3.67. The topological polar surface area (TPSA) is 39.1 Å². The van der Waals surface area contributed by atoms with Gasteiger partial charge in [-0.05, 0) is 31.2 Å². The molecule has 1 aromatic rings. The van der Waals surface area contributed by atoms with Crippen LogP contribution in [0.15, 0.2) is 18.5 Å². The van der Waals surface area contributed by atoms with Gasteiger partial charge in [0.2, 0.25) is 0 Å². The van der Waals surface area contributed by atoms with Crippen LogP contribution in [0.3, 0.4) is 0 Å². The molecule has 2 heterocycles. The van der Waals surface area contributed by atoms with Gasteiger partial charge in [0.15, 0.2) is 0 Å². The van der Waals surface area contributed by atoms with Crippen molar-refractivity contribution >= 4 is 0 Å². The van der Waals surface area contributed by atoms with Crippen LogP contribution >= 0.6 is 0 Å². The zero-order valence-electron chi connectivity index (χ0n) is 11.7. The molecule has 1 aliphatic rings. The van der Waals surface area contributed by atoms with Crippen molar-refractivity contribution in [3.63, 3.8) is 0 Å². The molecule has 0 amide bonds. The number of nitrogens with one attached hydrogen (secondary N) is 1. The largest absolute Gasteiger partial charge is 0.378 e. The van der Waals surface area contributed by atoms with Gasteiger partial charge in [-0.3, -0.25) is 4.68 Å². The summed E-state index contributed by atoms with van der Waals surface area (Å²) >= 11 is 0. The van der Waals surface area contributed by atoms with Gasteiger partial charge in [-0.2, -0.15) is 5.10 Å². The molecule has 1 aliphatic heterocycles. The van der Waals surface area contributed by atoms with E-state index in [2.05, 4.69) is 31.2 Å². The molecule has 0 bridgehead atoms. The molecule has 0 radical (unpaired) electrons. The van der Waals surface area contributed by atoms with Crippen molar-refractivity contribution < 1.29 is 4.74 Å². The molecular formula is C14H25N3O. The molecule has 1 saturated heterocycles. The van der Waals surface area contributed by atoms with Gasteiger partial charge >= 0.3 is 0 Å². The summed E-state index contributed by atoms with van der Waals surface area (Å²) in [4.78, 5) is 0. The minimum atomic E-state index is 0.425. The van der Waals surface area contributed by atoms with Crippen LogP contribution in [0.4, 0.5) is 0 Å². The van der Waals surface area contributed by atoms with Crippen LogP contribution in [0.2, 0.25) is 0 Å². The Bertz CT molecular complexity index is 337. The van der Waals surface area contributed by atoms with Gasteiger partial charge in [-0.1, -0.05) is 13.8 Å². The summed E-state index contributed by atoms with van der Waals surface area (Å²) in [7, 11) is 0. The highest BCUT2D eigenvalue weighted by Gasteiger charge is 2.30. The van der Waals surface area contributed by atoms with Crippen molar-refractivity contribution in [2.45, 2.75) is 45.9 Å². The second-order valence-corrected chi connectivity index (χ2v) is 5.67. The number of nitrogens with zero attached hydrogens (tertiary/aromatic N) is 2. The van der Waals surface area contributed by atoms with Gasteiger partial charge in [0.25, 0.3) is 0 Å². The SMILES string of the molecule is CC(C)[C@H]1OCC[C@@H]1CN[C@H](C)Cn1cccn1. The smallest absolute Gasteiger partial charge is 0.0639 e. The summed E-state index contributed by atoms with van der Waals surface area (Å²) in [6.45, 7) is 9.59. The van der Waals surface area contributed by atoms with Crippen LogP contribution in [-0.4, -0.2) is 35.1 Å². The Morgan fingerprint density at radius 1 is 1.44 bits per heavy atom. The lowest BCUT2D eigenvalue weighted by molar-refractivity contribution is 0.0534. The number of aromatic nitrogens is 2. The van der Waals surface area contributed by atoms with E-state index < -0.39 is 0 Å². The molecule has 102 valence electrons. The molecule has 3 atom stereocenters. The molecule has 1 fully saturated rings. The number of hydrogen-bond donors (Lipinski definition) is 1. The lowest BCUT2D eigenvalue weighted by Gasteiger charge is -2.24. The third kappa shape index (κ3) is 3.56. The van der Waals surface area contributed by atoms with Crippen molar-refractivity contribution in [2.24, 2.45) is 11.8 Å². The molecule has 0 aromatic carbocycles. The minimum absolute atomic E-state index is 0.425. The molecular weight excluding hydrogens is 226 g/mol. The van der Waals surface area contributed by atoms with Crippen molar-refractivity contribution in [2.75, 3.05) is 13.2 Å². The third-order valence-corrected chi connectivity index (χ3v) is 3.67. The maximum absolute atomic E-state index is 5.81. The summed E-state index contributed by atoms with van der Waals surface area (Å²) in [5.74, 6) is 1.27. The summed E-state index contributed by atoms with van der Waals surface area (Å²) in [6.07, 6.45) is 5.44. The van der Waals surface area contributed by atoms with E-state index in [-0.39, 0.29) is 0 Å². The Morgan fingerprint density at radius 3 is 2.94 bits per heavy atom. The zero-order chi connectivity index (χ0) is 13.0. The predicted octanol–water partition coefficient (Wildman–Crippen LogP) is 1.92. The van der Waals surface area contributed by atoms with Crippen molar-refractivity contribution in [3.8, 4) is 0 Å². The van der Waals surface area contributed by atoms with Crippen LogP contribution in [0.1, 0.15) is 27.2 Å². The highest BCUT2D eigenvalue weighted by Crippen LogP contribution is 2.26. The van der Waals surface area contributed by atoms with Crippen LogP contribution < -0.4 is 5.32 Å². The fourth-order valence-corrected chi connectivity index (χ4v) is 2.72. The molecule has 4 heteroatoms. The summed E-state index contributed by atoms with van der Waals surface area (Å²) < 4.78 is 7.78. The molecule has 1 aromatic heterocycles. The van der Waals surface area contributed by atoms with Gasteiger partial charge < -0.3 is 10.1 Å². The van der Waals surface area contributed by atoms with E-state index in [0.29, 0.717) is 24.0 Å². The molecule has 18 heavy (non-hydrogen) atoms. The number of ether oxygens (including phenoxy) is 1. The van der Waals surface area contributed by atoms with E-state index >= 15 is 0 Å². The average Bonchev–Trinajstić information content (AvgIpc) is 2.96. The summed E-state index contributed by atoms with van der Waals surface area (Å²) in [5, 5.41) is 7.84. The molecule has 0 unspecified atom stereocenters. The second-order valence-electron chi connectivity index (χ2n) is 5.67. The van der Waals surface area contributed by atoms with E-state index in [0.717, 1.165) is 19.7 Å². The maximum atomic E-state index is 5.81. The van der Waals surface area contributed by atoms with Gasteiger partial charge in [0.1, 0.15) is 0 Å². The second kappa shape index (κ2) is 6.34. The van der Waals surface area contributed by atoms with Crippen molar-refractivity contribution in [3.05, 3.63) is 18.5 Å². The quantitative estimate of drug-likeness (QED) is 0.839. The van der Waals surface area contributed by atoms with E-state index in [1.807, 2.05) is 23.1 Å². The monoisotopic (exact) mass is 251 g/mol. The number of rotatable bonds is 6. The molecule has 4 nitrogen and oxygen atoms in total. The van der Waals surface area contributed by atoms with E-state index in [9.17, 15) is 0 Å². The Morgan fingerprint density at radius 2 is 2.28 bits per heavy atom. The lowest BCUT2D eigenvalue weighted by Crippen LogP contribution is -2.38. The molecule has 0 saturated carbocycles. The fraction of sp³-hybridized carbons (Fsp3) is 0.786.